The summed E-state index contributed by atoms with van der Waals surface area (Å²) in [5.74, 6) is 1.74. The highest BCUT2D eigenvalue weighted by Gasteiger charge is 2.18. The number of allylic oxidation sites excluding steroid dienone is 1. The molecule has 0 unspecified atom stereocenters. The molecule has 30 heavy (non-hydrogen) atoms. The van der Waals surface area contributed by atoms with Gasteiger partial charge in [-0.3, -0.25) is 10.1 Å². The van der Waals surface area contributed by atoms with Gasteiger partial charge >= 0.3 is 0 Å². The minimum Gasteiger partial charge on any atom is -0.456 e. The van der Waals surface area contributed by atoms with E-state index in [4.69, 9.17) is 4.42 Å². The van der Waals surface area contributed by atoms with E-state index in [9.17, 15) is 15.4 Å². The van der Waals surface area contributed by atoms with Crippen molar-refractivity contribution in [3.63, 3.8) is 0 Å². The second kappa shape index (κ2) is 7.85. The molecule has 0 fully saturated rings. The van der Waals surface area contributed by atoms with Crippen molar-refractivity contribution in [2.45, 2.75) is 0 Å². The van der Waals surface area contributed by atoms with Crippen LogP contribution in [0.1, 0.15) is 11.6 Å². The highest BCUT2D eigenvalue weighted by atomic mass is 16.6. The van der Waals surface area contributed by atoms with Crippen LogP contribution in [0.15, 0.2) is 71.1 Å². The van der Waals surface area contributed by atoms with Crippen molar-refractivity contribution in [3.05, 3.63) is 88.4 Å². The van der Waals surface area contributed by atoms with E-state index in [-0.39, 0.29) is 11.3 Å². The third-order valence-electron chi connectivity index (χ3n) is 4.55. The van der Waals surface area contributed by atoms with Crippen molar-refractivity contribution in [3.8, 4) is 28.8 Å². The molecule has 2 aromatic carbocycles. The first-order valence-corrected chi connectivity index (χ1v) is 8.99. The Balaban J connectivity index is 1.70. The van der Waals surface area contributed by atoms with E-state index in [1.807, 2.05) is 30.3 Å². The fourth-order valence-corrected chi connectivity index (χ4v) is 3.11. The van der Waals surface area contributed by atoms with Crippen LogP contribution in [-0.4, -0.2) is 19.7 Å². The molecule has 0 radical (unpaired) electrons. The predicted molar refractivity (Wildman–Crippen MR) is 111 cm³/mol. The van der Waals surface area contributed by atoms with E-state index in [1.165, 1.54) is 12.1 Å². The zero-order valence-electron chi connectivity index (χ0n) is 15.9. The lowest BCUT2D eigenvalue weighted by Gasteiger charge is -2.03. The molecule has 0 saturated carbocycles. The molecule has 0 bridgehead atoms. The molecule has 0 aliphatic heterocycles. The average Bonchev–Trinajstić information content (AvgIpc) is 3.39. The van der Waals surface area contributed by atoms with Crippen molar-refractivity contribution in [1.82, 2.24) is 14.8 Å². The smallest absolute Gasteiger partial charge is 0.280 e. The third-order valence-corrected chi connectivity index (χ3v) is 4.55. The van der Waals surface area contributed by atoms with Gasteiger partial charge in [0.25, 0.3) is 5.69 Å². The normalized spacial score (nSPS) is 11.3. The quantitative estimate of drug-likeness (QED) is 0.274. The molecular formula is C22H15N5O3. The van der Waals surface area contributed by atoms with Gasteiger partial charge in [-0.25, -0.2) is 0 Å². The molecule has 0 aliphatic rings. The SMILES string of the molecule is Cn1c(/C(C#N)=C/c2ccc(-c3ccccc3[N+](=O)[O-])o2)nnc1-c1ccccc1. The van der Waals surface area contributed by atoms with Crippen LogP contribution in [-0.2, 0) is 7.05 Å². The Bertz CT molecular complexity index is 1300. The molecule has 0 N–H and O–H groups in total. The van der Waals surface area contributed by atoms with E-state index in [0.717, 1.165) is 5.56 Å². The summed E-state index contributed by atoms with van der Waals surface area (Å²) in [7, 11) is 1.78. The second-order valence-electron chi connectivity index (χ2n) is 6.42. The average molecular weight is 397 g/mol. The van der Waals surface area contributed by atoms with Gasteiger partial charge in [0.2, 0.25) is 0 Å². The number of rotatable bonds is 5. The highest BCUT2D eigenvalue weighted by molar-refractivity contribution is 5.87. The van der Waals surface area contributed by atoms with Crippen LogP contribution in [0.2, 0.25) is 0 Å². The summed E-state index contributed by atoms with van der Waals surface area (Å²) < 4.78 is 7.49. The Hall–Kier alpha value is -4.51. The van der Waals surface area contributed by atoms with E-state index in [1.54, 1.807) is 41.9 Å². The summed E-state index contributed by atoms with van der Waals surface area (Å²) >= 11 is 0. The topological polar surface area (TPSA) is 111 Å². The molecule has 8 heteroatoms. The summed E-state index contributed by atoms with van der Waals surface area (Å²) in [5.41, 5.74) is 1.46. The molecule has 2 aromatic heterocycles. The lowest BCUT2D eigenvalue weighted by Crippen LogP contribution is -1.98. The maximum Gasteiger partial charge on any atom is 0.280 e. The van der Waals surface area contributed by atoms with Gasteiger partial charge in [-0.05, 0) is 18.2 Å². The van der Waals surface area contributed by atoms with Crippen LogP contribution in [0.25, 0.3) is 34.4 Å². The van der Waals surface area contributed by atoms with Crippen LogP contribution in [0.3, 0.4) is 0 Å². The number of nitriles is 1. The first kappa shape index (κ1) is 18.8. The van der Waals surface area contributed by atoms with Crippen molar-refractivity contribution in [1.29, 1.82) is 5.26 Å². The number of aromatic nitrogens is 3. The van der Waals surface area contributed by atoms with Crippen LogP contribution in [0, 0.1) is 21.4 Å². The minimum absolute atomic E-state index is 0.0521. The van der Waals surface area contributed by atoms with Crippen molar-refractivity contribution < 1.29 is 9.34 Å². The van der Waals surface area contributed by atoms with Crippen molar-refractivity contribution >= 4 is 17.3 Å². The second-order valence-corrected chi connectivity index (χ2v) is 6.42. The van der Waals surface area contributed by atoms with Gasteiger partial charge in [0.05, 0.1) is 10.5 Å². The van der Waals surface area contributed by atoms with E-state index >= 15 is 0 Å². The number of hydrogen-bond donors (Lipinski definition) is 0. The summed E-state index contributed by atoms with van der Waals surface area (Å²) in [6, 6.07) is 21.3. The van der Waals surface area contributed by atoms with Crippen molar-refractivity contribution in [2.75, 3.05) is 0 Å². The number of furan rings is 1. The first-order valence-electron chi connectivity index (χ1n) is 8.99. The van der Waals surface area contributed by atoms with Crippen LogP contribution >= 0.6 is 0 Å². The largest absolute Gasteiger partial charge is 0.456 e. The van der Waals surface area contributed by atoms with E-state index in [0.29, 0.717) is 28.7 Å². The van der Waals surface area contributed by atoms with Crippen LogP contribution < -0.4 is 0 Å². The molecule has 0 amide bonds. The fraction of sp³-hybridized carbons (Fsp3) is 0.0455. The van der Waals surface area contributed by atoms with Gasteiger partial charge in [0.15, 0.2) is 11.6 Å². The molecule has 0 saturated heterocycles. The highest BCUT2D eigenvalue weighted by Crippen LogP contribution is 2.32. The van der Waals surface area contributed by atoms with Crippen LogP contribution in [0.5, 0.6) is 0 Å². The van der Waals surface area contributed by atoms with Gasteiger partial charge in [-0.1, -0.05) is 42.5 Å². The first-order chi connectivity index (χ1) is 14.6. The molecular weight excluding hydrogens is 382 g/mol. The van der Waals surface area contributed by atoms with E-state index in [2.05, 4.69) is 16.3 Å². The number of hydrogen-bond acceptors (Lipinski definition) is 6. The molecule has 2 heterocycles. The summed E-state index contributed by atoms with van der Waals surface area (Å²) in [6.45, 7) is 0. The zero-order valence-corrected chi connectivity index (χ0v) is 15.9. The Kier molecular flexibility index (Phi) is 4.93. The number of nitro benzene ring substituents is 1. The predicted octanol–water partition coefficient (Wildman–Crippen LogP) is 4.71. The minimum atomic E-state index is -0.460. The molecule has 0 spiro atoms. The molecule has 8 nitrogen and oxygen atoms in total. The standard InChI is InChI=1S/C22H15N5O3/c1-26-21(15-7-3-2-4-8-15)24-25-22(26)16(14-23)13-17-11-12-20(30-17)18-9-5-6-10-19(18)27(28)29/h2-13H,1H3/b16-13+. The van der Waals surface area contributed by atoms with Gasteiger partial charge in [0, 0.05) is 24.8 Å². The lowest BCUT2D eigenvalue weighted by atomic mass is 10.1. The van der Waals surface area contributed by atoms with Gasteiger partial charge in [-0.2, -0.15) is 5.26 Å². The van der Waals surface area contributed by atoms with Crippen LogP contribution in [0.4, 0.5) is 5.69 Å². The van der Waals surface area contributed by atoms with Gasteiger partial charge in [-0.15, -0.1) is 10.2 Å². The molecule has 0 aliphatic carbocycles. The van der Waals surface area contributed by atoms with E-state index < -0.39 is 4.92 Å². The zero-order chi connectivity index (χ0) is 21.1. The third kappa shape index (κ3) is 3.47. The summed E-state index contributed by atoms with van der Waals surface area (Å²) in [6.07, 6.45) is 1.54. The lowest BCUT2D eigenvalue weighted by molar-refractivity contribution is -0.384. The number of para-hydroxylation sites is 1. The Labute approximate surface area is 171 Å². The number of benzene rings is 2. The molecule has 4 aromatic rings. The molecule has 0 atom stereocenters. The van der Waals surface area contributed by atoms with Gasteiger partial charge < -0.3 is 8.98 Å². The monoisotopic (exact) mass is 397 g/mol. The number of nitro groups is 1. The summed E-state index contributed by atoms with van der Waals surface area (Å²) in [4.78, 5) is 10.8. The summed E-state index contributed by atoms with van der Waals surface area (Å²) in [5, 5.41) is 29.3. The number of nitrogens with zero attached hydrogens (tertiary/aromatic N) is 5. The van der Waals surface area contributed by atoms with Crippen molar-refractivity contribution in [2.24, 2.45) is 7.05 Å². The maximum atomic E-state index is 11.3. The molecule has 146 valence electrons. The Morgan fingerprint density at radius 1 is 1.10 bits per heavy atom. The van der Waals surface area contributed by atoms with Gasteiger partial charge in [0.1, 0.15) is 23.2 Å². The molecule has 4 rings (SSSR count). The Morgan fingerprint density at radius 2 is 1.83 bits per heavy atom. The fourth-order valence-electron chi connectivity index (χ4n) is 3.11. The Morgan fingerprint density at radius 3 is 2.57 bits per heavy atom. The maximum absolute atomic E-state index is 11.3.